The topological polar surface area (TPSA) is 68.1 Å². The zero-order valence-electron chi connectivity index (χ0n) is 10.4. The van der Waals surface area contributed by atoms with Crippen molar-refractivity contribution < 1.29 is 4.92 Å². The van der Waals surface area contributed by atoms with Gasteiger partial charge < -0.3 is 5.32 Å². The number of rotatable bonds is 4. The average molecular weight is 267 g/mol. The van der Waals surface area contributed by atoms with Crippen LogP contribution in [0.4, 0.5) is 11.5 Å². The molecule has 0 aliphatic heterocycles. The lowest BCUT2D eigenvalue weighted by atomic mass is 10.0. The highest BCUT2D eigenvalue weighted by molar-refractivity contribution is 7.99. The number of hydrogen-bond donors (Lipinski definition) is 1. The molecule has 2 rings (SSSR count). The fraction of sp³-hybridized carbons (Fsp3) is 0.583. The third kappa shape index (κ3) is 3.35. The SMILES string of the molecule is CNc1cc([N+](=O)[O-])cc(SC2CCCCC2)n1. The van der Waals surface area contributed by atoms with Crippen LogP contribution >= 0.6 is 11.8 Å². The van der Waals surface area contributed by atoms with Gasteiger partial charge in [0.2, 0.25) is 0 Å². The van der Waals surface area contributed by atoms with Gasteiger partial charge in [0.1, 0.15) is 10.8 Å². The van der Waals surface area contributed by atoms with Crippen molar-refractivity contribution in [2.24, 2.45) is 0 Å². The Labute approximate surface area is 111 Å². The largest absolute Gasteiger partial charge is 0.373 e. The quantitative estimate of drug-likeness (QED) is 0.668. The van der Waals surface area contributed by atoms with E-state index >= 15 is 0 Å². The van der Waals surface area contributed by atoms with Gasteiger partial charge in [0, 0.05) is 18.4 Å². The first-order valence-corrected chi connectivity index (χ1v) is 7.08. The number of nitrogens with zero attached hydrogens (tertiary/aromatic N) is 2. The van der Waals surface area contributed by atoms with Crippen molar-refractivity contribution in [3.05, 3.63) is 22.2 Å². The van der Waals surface area contributed by atoms with E-state index in [0.29, 0.717) is 11.1 Å². The van der Waals surface area contributed by atoms with E-state index in [1.165, 1.54) is 38.2 Å². The summed E-state index contributed by atoms with van der Waals surface area (Å²) < 4.78 is 0. The van der Waals surface area contributed by atoms with Crippen LogP contribution < -0.4 is 5.32 Å². The summed E-state index contributed by atoms with van der Waals surface area (Å²) in [5.74, 6) is 0.558. The Hall–Kier alpha value is -1.30. The third-order valence-electron chi connectivity index (χ3n) is 3.09. The van der Waals surface area contributed by atoms with Gasteiger partial charge >= 0.3 is 0 Å². The Kier molecular flexibility index (Phi) is 4.41. The van der Waals surface area contributed by atoms with Crippen LogP contribution in [0.15, 0.2) is 17.2 Å². The predicted octanol–water partition coefficient (Wildman–Crippen LogP) is 3.46. The number of aromatic nitrogens is 1. The molecule has 0 atom stereocenters. The first kappa shape index (κ1) is 13.1. The summed E-state index contributed by atoms with van der Waals surface area (Å²) in [5.41, 5.74) is 0.104. The second-order valence-electron chi connectivity index (χ2n) is 4.43. The smallest absolute Gasteiger partial charge is 0.275 e. The van der Waals surface area contributed by atoms with E-state index in [1.54, 1.807) is 24.9 Å². The number of nitro groups is 1. The molecule has 1 aliphatic carbocycles. The number of anilines is 1. The number of nitrogens with one attached hydrogen (secondary N) is 1. The van der Waals surface area contributed by atoms with Crippen molar-refractivity contribution >= 4 is 23.3 Å². The van der Waals surface area contributed by atoms with E-state index in [4.69, 9.17) is 0 Å². The fourth-order valence-electron chi connectivity index (χ4n) is 2.14. The fourth-order valence-corrected chi connectivity index (χ4v) is 3.39. The summed E-state index contributed by atoms with van der Waals surface area (Å²) in [6.07, 6.45) is 6.19. The van der Waals surface area contributed by atoms with E-state index in [9.17, 15) is 10.1 Å². The van der Waals surface area contributed by atoms with E-state index in [0.717, 1.165) is 5.03 Å². The van der Waals surface area contributed by atoms with Gasteiger partial charge in [-0.2, -0.15) is 0 Å². The first-order chi connectivity index (χ1) is 8.69. The second-order valence-corrected chi connectivity index (χ2v) is 5.75. The van der Waals surface area contributed by atoms with Crippen LogP contribution in [-0.2, 0) is 0 Å². The highest BCUT2D eigenvalue weighted by Crippen LogP contribution is 2.34. The van der Waals surface area contributed by atoms with E-state index in [-0.39, 0.29) is 10.6 Å². The van der Waals surface area contributed by atoms with Gasteiger partial charge in [-0.25, -0.2) is 4.98 Å². The lowest BCUT2D eigenvalue weighted by Gasteiger charge is -2.20. The van der Waals surface area contributed by atoms with Gasteiger partial charge in [0.25, 0.3) is 5.69 Å². The summed E-state index contributed by atoms with van der Waals surface area (Å²) in [6, 6.07) is 3.03. The van der Waals surface area contributed by atoms with Crippen molar-refractivity contribution in [3.63, 3.8) is 0 Å². The summed E-state index contributed by atoms with van der Waals surface area (Å²) in [7, 11) is 1.72. The maximum Gasteiger partial charge on any atom is 0.275 e. The Morgan fingerprint density at radius 3 is 2.72 bits per heavy atom. The highest BCUT2D eigenvalue weighted by Gasteiger charge is 2.18. The predicted molar refractivity (Wildman–Crippen MR) is 73.2 cm³/mol. The van der Waals surface area contributed by atoms with Crippen molar-refractivity contribution in [1.29, 1.82) is 0 Å². The molecule has 0 saturated heterocycles. The van der Waals surface area contributed by atoms with Crippen molar-refractivity contribution in [1.82, 2.24) is 4.98 Å². The minimum Gasteiger partial charge on any atom is -0.373 e. The van der Waals surface area contributed by atoms with Crippen molar-refractivity contribution in [2.75, 3.05) is 12.4 Å². The summed E-state index contributed by atoms with van der Waals surface area (Å²) in [5, 5.41) is 15.0. The van der Waals surface area contributed by atoms with E-state index in [1.807, 2.05) is 0 Å². The highest BCUT2D eigenvalue weighted by atomic mass is 32.2. The van der Waals surface area contributed by atoms with Gasteiger partial charge in [-0.05, 0) is 12.8 Å². The molecule has 1 heterocycles. The molecule has 6 heteroatoms. The van der Waals surface area contributed by atoms with Gasteiger partial charge in [-0.1, -0.05) is 19.3 Å². The molecule has 1 fully saturated rings. The molecule has 1 aliphatic rings. The van der Waals surface area contributed by atoms with Crippen LogP contribution in [0.25, 0.3) is 0 Å². The molecule has 5 nitrogen and oxygen atoms in total. The molecule has 1 N–H and O–H groups in total. The average Bonchev–Trinajstić information content (AvgIpc) is 2.39. The monoisotopic (exact) mass is 267 g/mol. The molecule has 1 aromatic rings. The maximum absolute atomic E-state index is 10.9. The Morgan fingerprint density at radius 1 is 1.39 bits per heavy atom. The minimum atomic E-state index is -0.368. The molecular weight excluding hydrogens is 250 g/mol. The van der Waals surface area contributed by atoms with Gasteiger partial charge in [0.15, 0.2) is 0 Å². The Balaban J connectivity index is 2.15. The summed E-state index contributed by atoms with van der Waals surface area (Å²) in [6.45, 7) is 0. The van der Waals surface area contributed by atoms with Crippen LogP contribution in [-0.4, -0.2) is 22.2 Å². The lowest BCUT2D eigenvalue weighted by molar-refractivity contribution is -0.385. The molecule has 18 heavy (non-hydrogen) atoms. The normalized spacial score (nSPS) is 16.5. The molecule has 0 amide bonds. The molecule has 0 unspecified atom stereocenters. The van der Waals surface area contributed by atoms with Gasteiger partial charge in [-0.15, -0.1) is 11.8 Å². The molecule has 1 saturated carbocycles. The van der Waals surface area contributed by atoms with Crippen LogP contribution in [0.1, 0.15) is 32.1 Å². The van der Waals surface area contributed by atoms with Crippen molar-refractivity contribution in [2.45, 2.75) is 42.4 Å². The molecule has 0 spiro atoms. The lowest BCUT2D eigenvalue weighted by Crippen LogP contribution is -2.08. The van der Waals surface area contributed by atoms with Crippen LogP contribution in [0.3, 0.4) is 0 Å². The van der Waals surface area contributed by atoms with Crippen LogP contribution in [0.5, 0.6) is 0 Å². The summed E-state index contributed by atoms with van der Waals surface area (Å²) >= 11 is 1.67. The molecule has 1 aromatic heterocycles. The molecule has 0 bridgehead atoms. The second kappa shape index (κ2) is 6.04. The Morgan fingerprint density at radius 2 is 2.11 bits per heavy atom. The summed E-state index contributed by atoms with van der Waals surface area (Å²) in [4.78, 5) is 14.9. The Bertz CT molecular complexity index is 433. The zero-order chi connectivity index (χ0) is 13.0. The number of hydrogen-bond acceptors (Lipinski definition) is 5. The standard InChI is InChI=1S/C12H17N3O2S/c1-13-11-7-9(15(16)17)8-12(14-11)18-10-5-3-2-4-6-10/h7-8,10H,2-6H2,1H3,(H,13,14). The van der Waals surface area contributed by atoms with Crippen LogP contribution in [0, 0.1) is 10.1 Å². The first-order valence-electron chi connectivity index (χ1n) is 6.20. The maximum atomic E-state index is 10.9. The van der Waals surface area contributed by atoms with Crippen LogP contribution in [0.2, 0.25) is 0 Å². The minimum absolute atomic E-state index is 0.104. The number of pyridine rings is 1. The van der Waals surface area contributed by atoms with Gasteiger partial charge in [-0.3, -0.25) is 10.1 Å². The van der Waals surface area contributed by atoms with E-state index in [2.05, 4.69) is 10.3 Å². The number of thioether (sulfide) groups is 1. The molecule has 0 radical (unpaired) electrons. The van der Waals surface area contributed by atoms with E-state index < -0.39 is 0 Å². The molecule has 0 aromatic carbocycles. The van der Waals surface area contributed by atoms with Gasteiger partial charge in [0.05, 0.1) is 11.0 Å². The molecule has 98 valence electrons. The zero-order valence-corrected chi connectivity index (χ0v) is 11.2. The van der Waals surface area contributed by atoms with Crippen molar-refractivity contribution in [3.8, 4) is 0 Å². The molecular formula is C12H17N3O2S. The third-order valence-corrected chi connectivity index (χ3v) is 4.35.